The van der Waals surface area contributed by atoms with E-state index in [2.05, 4.69) is 16.4 Å². The van der Waals surface area contributed by atoms with Crippen LogP contribution in [0.4, 0.5) is 0 Å². The number of nitrogens with one attached hydrogen (secondary N) is 1. The Labute approximate surface area is 82.4 Å². The molecule has 2 nitrogen and oxygen atoms in total. The molecule has 0 saturated carbocycles. The third-order valence-electron chi connectivity index (χ3n) is 2.25. The van der Waals surface area contributed by atoms with Crippen molar-refractivity contribution in [1.82, 2.24) is 9.49 Å². The number of nitrogens with zero attached hydrogens (tertiary/aromatic N) is 1. The fraction of sp³-hybridized carbons (Fsp3) is 0.800. The number of aromatic nitrogens is 2. The van der Waals surface area contributed by atoms with E-state index in [9.17, 15) is 0 Å². The van der Waals surface area contributed by atoms with Crippen molar-refractivity contribution >= 4 is 8.51 Å². The van der Waals surface area contributed by atoms with Gasteiger partial charge in [0.25, 0.3) is 0 Å². The fourth-order valence-electron chi connectivity index (χ4n) is 1.43. The number of unbranched alkanes of at least 4 members (excludes halogenated alkanes) is 5. The predicted octanol–water partition coefficient (Wildman–Crippen LogP) is 3.89. The number of H-pyrrole nitrogens is 1. The van der Waals surface area contributed by atoms with Gasteiger partial charge in [-0.25, -0.2) is 4.75 Å². The molecule has 0 bridgehead atoms. The average Bonchev–Trinajstić information content (AvgIpc) is 2.63. The zero-order valence-electron chi connectivity index (χ0n) is 8.42. The first-order valence-electron chi connectivity index (χ1n) is 5.29. The van der Waals surface area contributed by atoms with Crippen molar-refractivity contribution in [2.24, 2.45) is 0 Å². The van der Waals surface area contributed by atoms with Crippen LogP contribution in [-0.4, -0.2) is 9.49 Å². The number of hydrogen-bond donors (Lipinski definition) is 1. The summed E-state index contributed by atoms with van der Waals surface area (Å²) in [6.45, 7) is 2.26. The van der Waals surface area contributed by atoms with Gasteiger partial charge in [-0.1, -0.05) is 39.0 Å². The van der Waals surface area contributed by atoms with Gasteiger partial charge in [-0.05, 0) is 12.8 Å². The van der Waals surface area contributed by atoms with E-state index in [1.54, 1.807) is 0 Å². The summed E-state index contributed by atoms with van der Waals surface area (Å²) in [4.78, 5) is 0. The highest BCUT2D eigenvalue weighted by Crippen LogP contribution is 2.09. The van der Waals surface area contributed by atoms with Gasteiger partial charge in [0, 0.05) is 6.20 Å². The van der Waals surface area contributed by atoms with E-state index in [0.29, 0.717) is 0 Å². The molecule has 1 heterocycles. The molecule has 1 aromatic rings. The van der Waals surface area contributed by atoms with Crippen LogP contribution < -0.4 is 0 Å². The summed E-state index contributed by atoms with van der Waals surface area (Å²) in [5.74, 6) is 0. The molecule has 0 aliphatic rings. The second-order valence-corrected chi connectivity index (χ2v) is 4.14. The van der Waals surface area contributed by atoms with Crippen LogP contribution in [0.3, 0.4) is 0 Å². The van der Waals surface area contributed by atoms with Gasteiger partial charge < -0.3 is 4.75 Å². The number of rotatable bonds is 7. The van der Waals surface area contributed by atoms with Gasteiger partial charge in [-0.2, -0.15) is 0 Å². The Bertz CT molecular complexity index is 197. The normalized spacial score (nSPS) is 11.2. The Balaban J connectivity index is 1.90. The molecule has 74 valence electrons. The molecule has 3 heteroatoms. The Morgan fingerprint density at radius 2 is 2.00 bits per heavy atom. The molecule has 0 fully saturated rings. The Morgan fingerprint density at radius 1 is 1.23 bits per heavy atom. The monoisotopic (exact) mass is 198 g/mol. The van der Waals surface area contributed by atoms with Crippen molar-refractivity contribution in [3.8, 4) is 0 Å². The van der Waals surface area contributed by atoms with Gasteiger partial charge in [-0.3, -0.25) is 0 Å². The van der Waals surface area contributed by atoms with E-state index in [4.69, 9.17) is 0 Å². The first kappa shape index (κ1) is 10.7. The molecule has 0 aliphatic carbocycles. The molecule has 1 rings (SSSR count). The van der Waals surface area contributed by atoms with Crippen molar-refractivity contribution in [1.29, 1.82) is 0 Å². The molecule has 0 amide bonds. The van der Waals surface area contributed by atoms with E-state index < -0.39 is 0 Å². The lowest BCUT2D eigenvalue weighted by atomic mass is 10.1. The zero-order chi connectivity index (χ0) is 9.36. The molecule has 0 atom stereocenters. The second kappa shape index (κ2) is 7.08. The molecule has 0 aromatic carbocycles. The van der Waals surface area contributed by atoms with Crippen LogP contribution in [0.15, 0.2) is 6.20 Å². The Kier molecular flexibility index (Phi) is 5.84. The molecule has 0 radical (unpaired) electrons. The van der Waals surface area contributed by atoms with Crippen molar-refractivity contribution in [3.63, 3.8) is 0 Å². The van der Waals surface area contributed by atoms with Crippen molar-refractivity contribution < 1.29 is 0 Å². The van der Waals surface area contributed by atoms with Crippen molar-refractivity contribution in [2.45, 2.75) is 51.9 Å². The van der Waals surface area contributed by atoms with Gasteiger partial charge in [-0.15, -0.1) is 0 Å². The Morgan fingerprint density at radius 3 is 2.69 bits per heavy atom. The number of aryl methyl sites for hydroxylation is 1. The van der Waals surface area contributed by atoms with Crippen molar-refractivity contribution in [2.75, 3.05) is 0 Å². The van der Waals surface area contributed by atoms with Crippen molar-refractivity contribution in [3.05, 3.63) is 11.9 Å². The largest absolute Gasteiger partial charge is 0.328 e. The minimum absolute atomic E-state index is 1.01. The summed E-state index contributed by atoms with van der Waals surface area (Å²) in [5.41, 5.74) is 1.25. The summed E-state index contributed by atoms with van der Waals surface area (Å²) in [5, 5.41) is 0. The van der Waals surface area contributed by atoms with E-state index in [0.717, 1.165) is 14.9 Å². The molecule has 0 aliphatic heterocycles. The third-order valence-corrected chi connectivity index (χ3v) is 2.86. The highest BCUT2D eigenvalue weighted by Gasteiger charge is 1.94. The van der Waals surface area contributed by atoms with E-state index in [1.165, 1.54) is 44.2 Å². The third kappa shape index (κ3) is 5.05. The number of aromatic amines is 1. The molecule has 0 unspecified atom stereocenters. The van der Waals surface area contributed by atoms with E-state index in [-0.39, 0.29) is 0 Å². The summed E-state index contributed by atoms with van der Waals surface area (Å²) in [7, 11) is 1.01. The van der Waals surface area contributed by atoms with E-state index >= 15 is 0 Å². The molecule has 1 N–H and O–H groups in total. The quantitative estimate of drug-likeness (QED) is 0.661. The maximum absolute atomic E-state index is 4.29. The smallest absolute Gasteiger partial charge is 0.129 e. The Hall–Kier alpha value is -0.360. The van der Waals surface area contributed by atoms with Gasteiger partial charge >= 0.3 is 0 Å². The lowest BCUT2D eigenvalue weighted by Gasteiger charge is -1.98. The predicted molar refractivity (Wildman–Crippen MR) is 58.2 cm³/mol. The number of hydrogen-bond acceptors (Lipinski definition) is 1. The molecule has 0 spiro atoms. The molecule has 0 saturated heterocycles. The second-order valence-electron chi connectivity index (χ2n) is 3.48. The highest BCUT2D eigenvalue weighted by atomic mass is 31.1. The maximum atomic E-state index is 4.29. The lowest BCUT2D eigenvalue weighted by Crippen LogP contribution is -1.85. The topological polar surface area (TPSA) is 28.7 Å². The van der Waals surface area contributed by atoms with Crippen LogP contribution in [0.5, 0.6) is 0 Å². The van der Waals surface area contributed by atoms with Gasteiger partial charge in [0.2, 0.25) is 0 Å². The van der Waals surface area contributed by atoms with Crippen LogP contribution in [0, 0.1) is 0 Å². The standard InChI is InChI=1S/C10H19N2P/c1-2-3-4-5-6-7-8-10-9-11-13-12-10/h9H,2-8H2,1H3,(H,11,12). The van der Waals surface area contributed by atoms with Crippen LogP contribution in [-0.2, 0) is 6.42 Å². The summed E-state index contributed by atoms with van der Waals surface area (Å²) in [6.07, 6.45) is 11.4. The van der Waals surface area contributed by atoms with Crippen LogP contribution in [0.25, 0.3) is 0 Å². The molecule has 13 heavy (non-hydrogen) atoms. The summed E-state index contributed by atoms with van der Waals surface area (Å²) in [6, 6.07) is 0. The lowest BCUT2D eigenvalue weighted by molar-refractivity contribution is 0.605. The minimum Gasteiger partial charge on any atom is -0.328 e. The fourth-order valence-corrected chi connectivity index (χ4v) is 1.98. The maximum Gasteiger partial charge on any atom is 0.129 e. The summed E-state index contributed by atoms with van der Waals surface area (Å²) >= 11 is 0. The zero-order valence-corrected chi connectivity index (χ0v) is 9.32. The molecular weight excluding hydrogens is 179 g/mol. The summed E-state index contributed by atoms with van der Waals surface area (Å²) < 4.78 is 7.37. The van der Waals surface area contributed by atoms with Crippen LogP contribution in [0.1, 0.15) is 51.1 Å². The van der Waals surface area contributed by atoms with Gasteiger partial charge in [0.1, 0.15) is 8.51 Å². The SMILES string of the molecule is CCCCCCCCc1c[nH]pn1. The van der Waals surface area contributed by atoms with E-state index in [1.807, 2.05) is 6.20 Å². The minimum atomic E-state index is 1.01. The first-order chi connectivity index (χ1) is 6.43. The molecular formula is C10H19N2P. The molecule has 1 aromatic heterocycles. The van der Waals surface area contributed by atoms with Crippen LogP contribution in [0.2, 0.25) is 0 Å². The average molecular weight is 198 g/mol. The van der Waals surface area contributed by atoms with Gasteiger partial charge in [0.15, 0.2) is 0 Å². The van der Waals surface area contributed by atoms with Crippen LogP contribution >= 0.6 is 8.51 Å². The van der Waals surface area contributed by atoms with Gasteiger partial charge in [0.05, 0.1) is 5.69 Å². The first-order valence-corrected chi connectivity index (χ1v) is 6.13. The highest BCUT2D eigenvalue weighted by molar-refractivity contribution is 7.20.